The minimum Gasteiger partial charge on any atom is -0.492 e. The van der Waals surface area contributed by atoms with Gasteiger partial charge in [-0.15, -0.1) is 0 Å². The normalized spacial score (nSPS) is 10.9. The second-order valence-electron chi connectivity index (χ2n) is 4.32. The summed E-state index contributed by atoms with van der Waals surface area (Å²) in [7, 11) is 1.23. The first kappa shape index (κ1) is 15.0. The van der Waals surface area contributed by atoms with Gasteiger partial charge in [0.2, 0.25) is 0 Å². The Labute approximate surface area is 134 Å². The van der Waals surface area contributed by atoms with Crippen LogP contribution in [0, 0.1) is 11.6 Å². The maximum absolute atomic E-state index is 14.3. The van der Waals surface area contributed by atoms with Crippen molar-refractivity contribution in [2.24, 2.45) is 0 Å². The highest BCUT2D eigenvalue weighted by Crippen LogP contribution is 2.38. The molecule has 2 aromatic carbocycles. The summed E-state index contributed by atoms with van der Waals surface area (Å²) in [6, 6.07) is 8.32. The van der Waals surface area contributed by atoms with Crippen LogP contribution in [0.15, 0.2) is 46.5 Å². The lowest BCUT2D eigenvalue weighted by atomic mass is 10.3. The Hall–Kier alpha value is -1.92. The number of hydrogen-bond donors (Lipinski definition) is 0. The highest BCUT2D eigenvalue weighted by molar-refractivity contribution is 7.99. The van der Waals surface area contributed by atoms with Crippen LogP contribution in [0.5, 0.6) is 5.75 Å². The van der Waals surface area contributed by atoms with E-state index >= 15 is 0 Å². The molecule has 3 nitrogen and oxygen atoms in total. The molecule has 0 atom stereocenters. The molecule has 7 heteroatoms. The maximum Gasteiger partial charge on any atom is 0.180 e. The number of nitrogens with zero attached hydrogens (tertiary/aromatic N) is 2. The van der Waals surface area contributed by atoms with E-state index in [1.165, 1.54) is 13.3 Å². The Morgan fingerprint density at radius 1 is 1.18 bits per heavy atom. The van der Waals surface area contributed by atoms with Crippen molar-refractivity contribution in [3.63, 3.8) is 0 Å². The first-order valence-corrected chi connectivity index (χ1v) is 7.40. The van der Waals surface area contributed by atoms with E-state index < -0.39 is 11.6 Å². The van der Waals surface area contributed by atoms with Gasteiger partial charge in [0.1, 0.15) is 15.9 Å². The highest BCUT2D eigenvalue weighted by atomic mass is 35.5. The number of methoxy groups -OCH3 is 1. The van der Waals surface area contributed by atoms with Gasteiger partial charge in [0.15, 0.2) is 11.6 Å². The van der Waals surface area contributed by atoms with E-state index in [0.717, 1.165) is 23.3 Å². The average molecular weight is 339 g/mol. The van der Waals surface area contributed by atoms with Crippen LogP contribution in [0.25, 0.3) is 11.0 Å². The minimum atomic E-state index is -0.754. The van der Waals surface area contributed by atoms with Crippen molar-refractivity contribution in [2.75, 3.05) is 7.11 Å². The number of para-hydroxylation sites is 2. The first-order valence-electron chi connectivity index (χ1n) is 6.21. The fraction of sp³-hybridized carbons (Fsp3) is 0.0667. The predicted octanol–water partition coefficient (Wildman–Crippen LogP) is 4.72. The van der Waals surface area contributed by atoms with Gasteiger partial charge in [-0.05, 0) is 18.2 Å². The quantitative estimate of drug-likeness (QED) is 0.647. The zero-order valence-corrected chi connectivity index (χ0v) is 12.9. The highest BCUT2D eigenvalue weighted by Gasteiger charge is 2.19. The molecule has 0 N–H and O–H groups in total. The summed E-state index contributed by atoms with van der Waals surface area (Å²) >= 11 is 6.63. The lowest BCUT2D eigenvalue weighted by molar-refractivity contribution is 0.377. The molecular formula is C15H9ClF2N2OS. The second kappa shape index (κ2) is 6.06. The zero-order chi connectivity index (χ0) is 15.7. The fourth-order valence-electron chi connectivity index (χ4n) is 1.91. The molecule has 0 aliphatic heterocycles. The Bertz CT molecular complexity index is 860. The number of ether oxygens (including phenoxy) is 1. The Kier molecular flexibility index (Phi) is 4.13. The summed E-state index contributed by atoms with van der Waals surface area (Å²) in [5, 5.41) is 0.0651. The number of rotatable bonds is 3. The van der Waals surface area contributed by atoms with Gasteiger partial charge in [0, 0.05) is 0 Å². The summed E-state index contributed by atoms with van der Waals surface area (Å²) < 4.78 is 32.8. The molecule has 0 aliphatic carbocycles. The van der Waals surface area contributed by atoms with Gasteiger partial charge < -0.3 is 4.74 Å². The fourth-order valence-corrected chi connectivity index (χ4v) is 2.95. The molecule has 0 amide bonds. The molecular weight excluding hydrogens is 330 g/mol. The topological polar surface area (TPSA) is 35.0 Å². The molecule has 3 rings (SSSR count). The van der Waals surface area contributed by atoms with E-state index in [4.69, 9.17) is 16.3 Å². The van der Waals surface area contributed by atoms with Crippen molar-refractivity contribution >= 4 is 34.4 Å². The van der Waals surface area contributed by atoms with Gasteiger partial charge in [0.25, 0.3) is 0 Å². The molecule has 112 valence electrons. The average Bonchev–Trinajstić information content (AvgIpc) is 2.53. The van der Waals surface area contributed by atoms with Crippen molar-refractivity contribution < 1.29 is 13.5 Å². The smallest absolute Gasteiger partial charge is 0.180 e. The van der Waals surface area contributed by atoms with E-state index in [1.54, 1.807) is 6.07 Å². The molecule has 1 aromatic heterocycles. The molecule has 0 radical (unpaired) electrons. The van der Waals surface area contributed by atoms with Crippen molar-refractivity contribution in [2.45, 2.75) is 9.92 Å². The van der Waals surface area contributed by atoms with Crippen LogP contribution < -0.4 is 4.74 Å². The van der Waals surface area contributed by atoms with E-state index in [9.17, 15) is 8.78 Å². The molecule has 0 saturated heterocycles. The Balaban J connectivity index is 2.03. The summed E-state index contributed by atoms with van der Waals surface area (Å²) in [4.78, 5) is 8.62. The third-order valence-corrected chi connectivity index (χ3v) is 4.20. The molecule has 0 saturated carbocycles. The summed E-state index contributed by atoms with van der Waals surface area (Å²) in [5.74, 6) is -1.80. The van der Waals surface area contributed by atoms with Crippen LogP contribution in [-0.4, -0.2) is 17.1 Å². The molecule has 0 unspecified atom stereocenters. The van der Waals surface area contributed by atoms with E-state index in [0.29, 0.717) is 10.5 Å². The van der Waals surface area contributed by atoms with E-state index in [-0.39, 0.29) is 15.7 Å². The van der Waals surface area contributed by atoms with E-state index in [1.807, 2.05) is 18.2 Å². The van der Waals surface area contributed by atoms with Gasteiger partial charge >= 0.3 is 0 Å². The summed E-state index contributed by atoms with van der Waals surface area (Å²) in [6.07, 6.45) is 1.51. The Morgan fingerprint density at radius 2 is 1.91 bits per heavy atom. The van der Waals surface area contributed by atoms with Crippen LogP contribution in [0.3, 0.4) is 0 Å². The summed E-state index contributed by atoms with van der Waals surface area (Å²) in [5.41, 5.74) is 1.40. The van der Waals surface area contributed by atoms with Gasteiger partial charge in [-0.2, -0.15) is 0 Å². The van der Waals surface area contributed by atoms with Crippen LogP contribution in [0.1, 0.15) is 0 Å². The lowest BCUT2D eigenvalue weighted by Gasteiger charge is -2.09. The SMILES string of the molecule is COc1c(F)c(Sc2cnc3ccccc3n2)cc(F)c1Cl. The van der Waals surface area contributed by atoms with Crippen LogP contribution in [0.4, 0.5) is 8.78 Å². The standard InChI is InChI=1S/C15H9ClF2N2OS/c1-21-15-13(16)8(17)6-11(14(15)18)22-12-7-19-9-4-2-3-5-10(9)20-12/h2-7H,1H3. The molecule has 3 aromatic rings. The third kappa shape index (κ3) is 2.71. The van der Waals surface area contributed by atoms with Crippen molar-refractivity contribution in [1.29, 1.82) is 0 Å². The molecule has 22 heavy (non-hydrogen) atoms. The van der Waals surface area contributed by atoms with Gasteiger partial charge in [-0.25, -0.2) is 13.8 Å². The number of hydrogen-bond acceptors (Lipinski definition) is 4. The number of halogens is 3. The van der Waals surface area contributed by atoms with Crippen molar-refractivity contribution in [3.8, 4) is 5.75 Å². The largest absolute Gasteiger partial charge is 0.492 e. The monoisotopic (exact) mass is 338 g/mol. The third-order valence-electron chi connectivity index (χ3n) is 2.93. The van der Waals surface area contributed by atoms with Gasteiger partial charge in [-0.1, -0.05) is 35.5 Å². The zero-order valence-electron chi connectivity index (χ0n) is 11.3. The maximum atomic E-state index is 14.3. The van der Waals surface area contributed by atoms with Crippen LogP contribution in [0.2, 0.25) is 5.02 Å². The lowest BCUT2D eigenvalue weighted by Crippen LogP contribution is -1.95. The van der Waals surface area contributed by atoms with Gasteiger partial charge in [0.05, 0.1) is 29.2 Å². The molecule has 0 aliphatic rings. The predicted molar refractivity (Wildman–Crippen MR) is 81.6 cm³/mol. The number of fused-ring (bicyclic) bond motifs is 1. The molecule has 1 heterocycles. The van der Waals surface area contributed by atoms with Crippen molar-refractivity contribution in [3.05, 3.63) is 53.2 Å². The van der Waals surface area contributed by atoms with Crippen molar-refractivity contribution in [1.82, 2.24) is 9.97 Å². The first-order chi connectivity index (χ1) is 10.6. The number of benzene rings is 2. The minimum absolute atomic E-state index is 0.0309. The van der Waals surface area contributed by atoms with Crippen LogP contribution >= 0.6 is 23.4 Å². The summed E-state index contributed by atoms with van der Waals surface area (Å²) in [6.45, 7) is 0. The molecule has 0 bridgehead atoms. The van der Waals surface area contributed by atoms with Crippen LogP contribution in [-0.2, 0) is 0 Å². The molecule has 0 spiro atoms. The Morgan fingerprint density at radius 3 is 2.64 bits per heavy atom. The molecule has 0 fully saturated rings. The number of aromatic nitrogens is 2. The second-order valence-corrected chi connectivity index (χ2v) is 5.76. The van der Waals surface area contributed by atoms with Gasteiger partial charge in [-0.3, -0.25) is 4.98 Å². The van der Waals surface area contributed by atoms with E-state index in [2.05, 4.69) is 9.97 Å².